The van der Waals surface area contributed by atoms with Crippen molar-refractivity contribution in [3.63, 3.8) is 0 Å². The van der Waals surface area contributed by atoms with Gasteiger partial charge in [0, 0.05) is 19.5 Å². The second-order valence-corrected chi connectivity index (χ2v) is 6.46. The zero-order valence-electron chi connectivity index (χ0n) is 10.1. The molecule has 1 amide bonds. The third-order valence-corrected chi connectivity index (χ3v) is 4.42. The van der Waals surface area contributed by atoms with Crippen molar-refractivity contribution in [2.75, 3.05) is 11.6 Å². The number of halogens is 2. The van der Waals surface area contributed by atoms with E-state index in [1.54, 1.807) is 17.8 Å². The lowest BCUT2D eigenvalue weighted by Gasteiger charge is -2.07. The number of amides is 1. The molecule has 0 saturated carbocycles. The predicted octanol–water partition coefficient (Wildman–Crippen LogP) is 5.19. The summed E-state index contributed by atoms with van der Waals surface area (Å²) in [5.41, 5.74) is 1.40. The monoisotopic (exact) mass is 399 g/mol. The molecular formula is C14H11Br2NOS. The molecule has 98 valence electrons. The van der Waals surface area contributed by atoms with Crippen LogP contribution in [0.2, 0.25) is 0 Å². The maximum atomic E-state index is 12.1. The van der Waals surface area contributed by atoms with Crippen molar-refractivity contribution in [1.82, 2.24) is 0 Å². The van der Waals surface area contributed by atoms with Crippen molar-refractivity contribution in [3.05, 3.63) is 57.0 Å². The Morgan fingerprint density at radius 2 is 1.79 bits per heavy atom. The molecule has 0 atom stereocenters. The first-order chi connectivity index (χ1) is 9.10. The highest BCUT2D eigenvalue weighted by molar-refractivity contribution is 9.11. The Morgan fingerprint density at radius 3 is 2.37 bits per heavy atom. The van der Waals surface area contributed by atoms with E-state index >= 15 is 0 Å². The fourth-order valence-corrected chi connectivity index (χ4v) is 3.18. The second kappa shape index (κ2) is 6.59. The van der Waals surface area contributed by atoms with Gasteiger partial charge < -0.3 is 5.32 Å². The molecule has 5 heteroatoms. The van der Waals surface area contributed by atoms with Crippen molar-refractivity contribution in [3.8, 4) is 0 Å². The summed E-state index contributed by atoms with van der Waals surface area (Å²) in [7, 11) is 0. The number of carbonyl (C=O) groups excluding carboxylic acids is 1. The molecule has 0 aliphatic rings. The van der Waals surface area contributed by atoms with E-state index in [0.717, 1.165) is 14.6 Å². The average Bonchev–Trinajstić information content (AvgIpc) is 2.39. The number of benzene rings is 2. The Labute approximate surface area is 133 Å². The van der Waals surface area contributed by atoms with Crippen LogP contribution in [0.25, 0.3) is 0 Å². The topological polar surface area (TPSA) is 29.1 Å². The van der Waals surface area contributed by atoms with Crippen LogP contribution in [-0.4, -0.2) is 12.2 Å². The van der Waals surface area contributed by atoms with E-state index < -0.39 is 0 Å². The molecule has 0 unspecified atom stereocenters. The summed E-state index contributed by atoms with van der Waals surface area (Å²) in [5, 5.41) is 2.88. The Kier molecular flexibility index (Phi) is 5.07. The minimum absolute atomic E-state index is 0.128. The van der Waals surface area contributed by atoms with Gasteiger partial charge in [0.2, 0.25) is 0 Å². The minimum Gasteiger partial charge on any atom is -0.322 e. The number of thioether (sulfide) groups is 1. The molecule has 0 saturated heterocycles. The lowest BCUT2D eigenvalue weighted by Crippen LogP contribution is -2.12. The summed E-state index contributed by atoms with van der Waals surface area (Å²) < 4.78 is 1.69. The molecule has 0 bridgehead atoms. The van der Waals surface area contributed by atoms with E-state index in [9.17, 15) is 4.79 Å². The van der Waals surface area contributed by atoms with E-state index in [1.165, 1.54) is 4.90 Å². The normalized spacial score (nSPS) is 10.3. The molecule has 2 nitrogen and oxygen atoms in total. The zero-order valence-corrected chi connectivity index (χ0v) is 14.1. The highest BCUT2D eigenvalue weighted by Gasteiger charge is 2.10. The van der Waals surface area contributed by atoms with Gasteiger partial charge in [0.1, 0.15) is 0 Å². The quantitative estimate of drug-likeness (QED) is 0.718. The Balaban J connectivity index is 2.15. The van der Waals surface area contributed by atoms with Gasteiger partial charge in [0.05, 0.1) is 5.56 Å². The average molecular weight is 401 g/mol. The van der Waals surface area contributed by atoms with Crippen molar-refractivity contribution >= 4 is 55.2 Å². The Bertz CT molecular complexity index is 599. The molecular weight excluding hydrogens is 390 g/mol. The van der Waals surface area contributed by atoms with Crippen LogP contribution in [0.3, 0.4) is 0 Å². The van der Waals surface area contributed by atoms with Crippen LogP contribution in [0.15, 0.2) is 56.3 Å². The highest BCUT2D eigenvalue weighted by Crippen LogP contribution is 2.23. The fraction of sp³-hybridized carbons (Fsp3) is 0.0714. The van der Waals surface area contributed by atoms with Crippen molar-refractivity contribution in [2.45, 2.75) is 4.90 Å². The molecule has 0 fully saturated rings. The maximum absolute atomic E-state index is 12.1. The number of carbonyl (C=O) groups is 1. The summed E-state index contributed by atoms with van der Waals surface area (Å²) in [4.78, 5) is 13.3. The summed E-state index contributed by atoms with van der Waals surface area (Å²) in [5.74, 6) is -0.128. The lowest BCUT2D eigenvalue weighted by molar-refractivity contribution is 0.102. The smallest absolute Gasteiger partial charge is 0.256 e. The molecule has 0 aliphatic heterocycles. The number of rotatable bonds is 3. The van der Waals surface area contributed by atoms with Gasteiger partial charge in [0.25, 0.3) is 5.91 Å². The van der Waals surface area contributed by atoms with E-state index in [2.05, 4.69) is 37.2 Å². The van der Waals surface area contributed by atoms with Crippen LogP contribution in [-0.2, 0) is 0 Å². The van der Waals surface area contributed by atoms with Crippen LogP contribution >= 0.6 is 43.6 Å². The number of hydrogen-bond acceptors (Lipinski definition) is 2. The van der Waals surface area contributed by atoms with E-state index in [1.807, 2.05) is 42.7 Å². The van der Waals surface area contributed by atoms with E-state index in [-0.39, 0.29) is 5.91 Å². The summed E-state index contributed by atoms with van der Waals surface area (Å²) >= 11 is 8.43. The SMILES string of the molecule is CSc1ccc(NC(=O)c2ccc(Br)cc2Br)cc1. The first-order valence-corrected chi connectivity index (χ1v) is 8.31. The largest absolute Gasteiger partial charge is 0.322 e. The molecule has 0 heterocycles. The maximum Gasteiger partial charge on any atom is 0.256 e. The molecule has 2 aromatic rings. The number of anilines is 1. The lowest BCUT2D eigenvalue weighted by atomic mass is 10.2. The summed E-state index contributed by atoms with van der Waals surface area (Å²) in [6.45, 7) is 0. The molecule has 2 rings (SSSR count). The number of nitrogens with one attached hydrogen (secondary N) is 1. The van der Waals surface area contributed by atoms with Crippen LogP contribution in [0, 0.1) is 0 Å². The molecule has 0 aromatic heterocycles. The van der Waals surface area contributed by atoms with Gasteiger partial charge in [-0.05, 0) is 64.7 Å². The fourth-order valence-electron chi connectivity index (χ4n) is 1.55. The van der Waals surface area contributed by atoms with Crippen LogP contribution in [0.5, 0.6) is 0 Å². The van der Waals surface area contributed by atoms with Crippen LogP contribution in [0.1, 0.15) is 10.4 Å². The predicted molar refractivity (Wildman–Crippen MR) is 88.0 cm³/mol. The van der Waals surface area contributed by atoms with Gasteiger partial charge in [-0.3, -0.25) is 4.79 Å². The van der Waals surface area contributed by atoms with E-state index in [0.29, 0.717) is 5.56 Å². The van der Waals surface area contributed by atoms with Gasteiger partial charge in [-0.2, -0.15) is 0 Å². The first kappa shape index (κ1) is 14.6. The Morgan fingerprint density at radius 1 is 1.11 bits per heavy atom. The molecule has 0 aliphatic carbocycles. The highest BCUT2D eigenvalue weighted by atomic mass is 79.9. The van der Waals surface area contributed by atoms with Crippen molar-refractivity contribution < 1.29 is 4.79 Å². The van der Waals surface area contributed by atoms with Crippen LogP contribution in [0.4, 0.5) is 5.69 Å². The number of hydrogen-bond donors (Lipinski definition) is 1. The standard InChI is InChI=1S/C14H11Br2NOS/c1-19-11-5-3-10(4-6-11)17-14(18)12-7-2-9(15)8-13(12)16/h2-8H,1H3,(H,17,18). The summed E-state index contributed by atoms with van der Waals surface area (Å²) in [6.07, 6.45) is 2.02. The molecule has 0 spiro atoms. The third kappa shape index (κ3) is 3.84. The molecule has 0 radical (unpaired) electrons. The minimum atomic E-state index is -0.128. The van der Waals surface area contributed by atoms with Gasteiger partial charge in [-0.15, -0.1) is 11.8 Å². The molecule has 1 N–H and O–H groups in total. The van der Waals surface area contributed by atoms with E-state index in [4.69, 9.17) is 0 Å². The van der Waals surface area contributed by atoms with Gasteiger partial charge >= 0.3 is 0 Å². The van der Waals surface area contributed by atoms with Gasteiger partial charge in [0.15, 0.2) is 0 Å². The van der Waals surface area contributed by atoms with Gasteiger partial charge in [-0.1, -0.05) is 15.9 Å². The van der Waals surface area contributed by atoms with Gasteiger partial charge in [-0.25, -0.2) is 0 Å². The Hall–Kier alpha value is -0.780. The second-order valence-electron chi connectivity index (χ2n) is 3.81. The van der Waals surface area contributed by atoms with Crippen LogP contribution < -0.4 is 5.32 Å². The summed E-state index contributed by atoms with van der Waals surface area (Å²) in [6, 6.07) is 13.2. The van der Waals surface area contributed by atoms with Crippen molar-refractivity contribution in [2.24, 2.45) is 0 Å². The first-order valence-electron chi connectivity index (χ1n) is 5.50. The molecule has 19 heavy (non-hydrogen) atoms. The molecule has 2 aromatic carbocycles. The third-order valence-electron chi connectivity index (χ3n) is 2.52. The zero-order chi connectivity index (χ0) is 13.8. The van der Waals surface area contributed by atoms with Crippen molar-refractivity contribution in [1.29, 1.82) is 0 Å².